The van der Waals surface area contributed by atoms with Crippen LogP contribution in [0.3, 0.4) is 0 Å². The van der Waals surface area contributed by atoms with E-state index >= 15 is 0 Å². The molecule has 140 valence electrons. The Kier molecular flexibility index (Phi) is 4.68. The van der Waals surface area contributed by atoms with Gasteiger partial charge in [0.15, 0.2) is 0 Å². The fraction of sp³-hybridized carbons (Fsp3) is 0.300. The molecule has 7 nitrogen and oxygen atoms in total. The molecular weight excluding hydrogens is 344 g/mol. The molecular formula is C20H22N4O3. The topological polar surface area (TPSA) is 93.7 Å². The summed E-state index contributed by atoms with van der Waals surface area (Å²) in [6.07, 6.45) is 0.407. The van der Waals surface area contributed by atoms with Crippen LogP contribution in [-0.4, -0.2) is 48.0 Å². The monoisotopic (exact) mass is 366 g/mol. The number of nitrogens with zero attached hydrogens (tertiary/aromatic N) is 1. The number of carbonyl (C=O) groups excluding carboxylic acids is 2. The van der Waals surface area contributed by atoms with Crippen LogP contribution in [0.25, 0.3) is 0 Å². The van der Waals surface area contributed by atoms with Crippen LogP contribution in [0.4, 0.5) is 11.4 Å². The van der Waals surface area contributed by atoms with Gasteiger partial charge in [0.25, 0.3) is 5.91 Å². The second kappa shape index (κ2) is 7.28. The molecule has 0 saturated carbocycles. The predicted octanol–water partition coefficient (Wildman–Crippen LogP) is 1.93. The second-order valence-corrected chi connectivity index (χ2v) is 6.83. The van der Waals surface area contributed by atoms with Gasteiger partial charge >= 0.3 is 0 Å². The Morgan fingerprint density at radius 2 is 1.89 bits per heavy atom. The first kappa shape index (κ1) is 17.4. The number of carbonyl (C=O) groups is 2. The van der Waals surface area contributed by atoms with Crippen molar-refractivity contribution in [1.82, 2.24) is 10.2 Å². The zero-order valence-corrected chi connectivity index (χ0v) is 14.9. The van der Waals surface area contributed by atoms with Gasteiger partial charge in [0.1, 0.15) is 5.75 Å². The van der Waals surface area contributed by atoms with Gasteiger partial charge in [0.05, 0.1) is 11.4 Å². The fourth-order valence-electron chi connectivity index (χ4n) is 3.50. The van der Waals surface area contributed by atoms with E-state index in [2.05, 4.69) is 16.0 Å². The highest BCUT2D eigenvalue weighted by Gasteiger charge is 2.26. The molecule has 2 heterocycles. The third-order valence-electron chi connectivity index (χ3n) is 4.97. The van der Waals surface area contributed by atoms with Gasteiger partial charge in [-0.25, -0.2) is 0 Å². The molecule has 1 saturated heterocycles. The maximum atomic E-state index is 13.0. The van der Waals surface area contributed by atoms with Crippen molar-refractivity contribution in [2.75, 3.05) is 36.8 Å². The van der Waals surface area contributed by atoms with Crippen LogP contribution in [0.2, 0.25) is 0 Å². The lowest BCUT2D eigenvalue weighted by Gasteiger charge is -2.34. The summed E-state index contributed by atoms with van der Waals surface area (Å²) >= 11 is 0. The summed E-state index contributed by atoms with van der Waals surface area (Å²) in [5, 5.41) is 18.9. The summed E-state index contributed by atoms with van der Waals surface area (Å²) in [7, 11) is 0. The van der Waals surface area contributed by atoms with E-state index in [1.165, 1.54) is 0 Å². The van der Waals surface area contributed by atoms with E-state index in [9.17, 15) is 14.7 Å². The molecule has 1 fully saturated rings. The first-order valence-electron chi connectivity index (χ1n) is 9.09. The minimum atomic E-state index is -0.0285. The van der Waals surface area contributed by atoms with Crippen molar-refractivity contribution in [3.63, 3.8) is 0 Å². The van der Waals surface area contributed by atoms with Crippen molar-refractivity contribution in [2.45, 2.75) is 12.5 Å². The molecule has 2 aromatic rings. The van der Waals surface area contributed by atoms with Gasteiger partial charge in [0, 0.05) is 44.2 Å². The summed E-state index contributed by atoms with van der Waals surface area (Å²) in [5.74, 6) is 0.173. The molecule has 2 aromatic carbocycles. The van der Waals surface area contributed by atoms with Crippen molar-refractivity contribution in [3.05, 3.63) is 53.6 Å². The van der Waals surface area contributed by atoms with Gasteiger partial charge < -0.3 is 26.0 Å². The van der Waals surface area contributed by atoms with Gasteiger partial charge in [-0.15, -0.1) is 0 Å². The predicted molar refractivity (Wildman–Crippen MR) is 103 cm³/mol. The van der Waals surface area contributed by atoms with Gasteiger partial charge in [-0.1, -0.05) is 12.1 Å². The Bertz CT molecular complexity index is 866. The fourth-order valence-corrected chi connectivity index (χ4v) is 3.50. The summed E-state index contributed by atoms with van der Waals surface area (Å²) in [6, 6.07) is 12.4. The molecule has 1 atom stereocenters. The molecule has 7 heteroatoms. The Balaban J connectivity index is 1.51. The van der Waals surface area contributed by atoms with Crippen molar-refractivity contribution in [1.29, 1.82) is 0 Å². The second-order valence-electron chi connectivity index (χ2n) is 6.83. The van der Waals surface area contributed by atoms with Gasteiger partial charge in [-0.3, -0.25) is 9.59 Å². The Labute approximate surface area is 157 Å². The SMILES string of the molecule is O=C1CCNc2cc(C(=O)N3CCNC(c4ccc(O)cc4)C3)ccc2N1. The summed E-state index contributed by atoms with van der Waals surface area (Å²) in [5.41, 5.74) is 3.12. The highest BCUT2D eigenvalue weighted by atomic mass is 16.3. The smallest absolute Gasteiger partial charge is 0.254 e. The molecule has 0 aromatic heterocycles. The standard InChI is InChI=1S/C20H22N4O3/c25-15-4-1-13(2-5-15)18-12-24(10-9-22-18)20(27)14-3-6-16-17(11-14)21-8-7-19(26)23-16/h1-6,11,18,21-22,25H,7-10,12H2,(H,23,26). The average molecular weight is 366 g/mol. The van der Waals surface area contributed by atoms with Gasteiger partial charge in [-0.05, 0) is 35.9 Å². The van der Waals surface area contributed by atoms with Crippen molar-refractivity contribution in [3.8, 4) is 5.75 Å². The summed E-state index contributed by atoms with van der Waals surface area (Å²) in [6.45, 7) is 2.45. The molecule has 2 aliphatic rings. The van der Waals surface area contributed by atoms with Gasteiger partial charge in [0.2, 0.25) is 5.91 Å². The van der Waals surface area contributed by atoms with E-state index in [1.54, 1.807) is 30.3 Å². The van der Waals surface area contributed by atoms with Crippen LogP contribution in [0, 0.1) is 0 Å². The van der Waals surface area contributed by atoms with Crippen molar-refractivity contribution >= 4 is 23.2 Å². The summed E-state index contributed by atoms with van der Waals surface area (Å²) < 4.78 is 0. The molecule has 2 aliphatic heterocycles. The highest BCUT2D eigenvalue weighted by molar-refractivity contribution is 6.00. The van der Waals surface area contributed by atoms with Crippen LogP contribution >= 0.6 is 0 Å². The normalized spacial score (nSPS) is 19.5. The van der Waals surface area contributed by atoms with E-state index in [0.717, 1.165) is 11.3 Å². The highest BCUT2D eigenvalue weighted by Crippen LogP contribution is 2.27. The molecule has 4 rings (SSSR count). The van der Waals surface area contributed by atoms with Crippen molar-refractivity contribution < 1.29 is 14.7 Å². The number of phenols is 1. The first-order valence-corrected chi connectivity index (χ1v) is 9.09. The lowest BCUT2D eigenvalue weighted by Crippen LogP contribution is -2.48. The van der Waals surface area contributed by atoms with E-state index in [0.29, 0.717) is 43.9 Å². The zero-order chi connectivity index (χ0) is 18.8. The number of rotatable bonds is 2. The number of aromatic hydroxyl groups is 1. The number of anilines is 2. The number of fused-ring (bicyclic) bond motifs is 1. The number of benzene rings is 2. The van der Waals surface area contributed by atoms with E-state index < -0.39 is 0 Å². The Morgan fingerprint density at radius 1 is 1.07 bits per heavy atom. The molecule has 1 unspecified atom stereocenters. The molecule has 4 N–H and O–H groups in total. The quantitative estimate of drug-likeness (QED) is 0.652. The first-order chi connectivity index (χ1) is 13.1. The maximum absolute atomic E-state index is 13.0. The zero-order valence-electron chi connectivity index (χ0n) is 14.9. The molecule has 27 heavy (non-hydrogen) atoms. The molecule has 0 spiro atoms. The number of nitrogens with one attached hydrogen (secondary N) is 3. The number of phenolic OH excluding ortho intramolecular Hbond substituents is 1. The molecule has 2 amide bonds. The number of hydrogen-bond acceptors (Lipinski definition) is 5. The number of amides is 2. The van der Waals surface area contributed by atoms with E-state index in [4.69, 9.17) is 0 Å². The largest absolute Gasteiger partial charge is 0.508 e. The maximum Gasteiger partial charge on any atom is 0.254 e. The van der Waals surface area contributed by atoms with E-state index in [-0.39, 0.29) is 23.6 Å². The van der Waals surface area contributed by atoms with Gasteiger partial charge in [-0.2, -0.15) is 0 Å². The third-order valence-corrected chi connectivity index (χ3v) is 4.97. The van der Waals surface area contributed by atoms with Crippen LogP contribution in [0.15, 0.2) is 42.5 Å². The molecule has 0 bridgehead atoms. The summed E-state index contributed by atoms with van der Waals surface area (Å²) in [4.78, 5) is 26.5. The Morgan fingerprint density at radius 3 is 2.70 bits per heavy atom. The van der Waals surface area contributed by atoms with Crippen molar-refractivity contribution in [2.24, 2.45) is 0 Å². The lowest BCUT2D eigenvalue weighted by atomic mass is 10.0. The molecule has 0 radical (unpaired) electrons. The number of hydrogen-bond donors (Lipinski definition) is 4. The third kappa shape index (κ3) is 3.73. The number of piperazine rings is 1. The van der Waals surface area contributed by atoms with Crippen LogP contribution in [-0.2, 0) is 4.79 Å². The Hall–Kier alpha value is -3.06. The average Bonchev–Trinajstić information content (AvgIpc) is 2.88. The minimum absolute atomic E-state index is 0.0274. The van der Waals surface area contributed by atoms with Crippen LogP contribution in [0.5, 0.6) is 5.75 Å². The molecule has 0 aliphatic carbocycles. The minimum Gasteiger partial charge on any atom is -0.508 e. The van der Waals surface area contributed by atoms with Crippen LogP contribution < -0.4 is 16.0 Å². The lowest BCUT2D eigenvalue weighted by molar-refractivity contribution is -0.115. The van der Waals surface area contributed by atoms with Crippen LogP contribution in [0.1, 0.15) is 28.4 Å². The van der Waals surface area contributed by atoms with E-state index in [1.807, 2.05) is 17.0 Å².